The fraction of sp³-hybridized carbons (Fsp3) is 0.600. The molecule has 0 aliphatic heterocycles. The van der Waals surface area contributed by atoms with Gasteiger partial charge in [-0.05, 0) is 44.1 Å². The molecule has 102 valence electrons. The smallest absolute Gasteiger partial charge is 0.119 e. The highest BCUT2D eigenvalue weighted by Gasteiger charge is 2.17. The first-order chi connectivity index (χ1) is 8.76. The second-order valence-electron chi connectivity index (χ2n) is 4.39. The molecule has 1 aromatic rings. The summed E-state index contributed by atoms with van der Waals surface area (Å²) in [5, 5.41) is 0. The summed E-state index contributed by atoms with van der Waals surface area (Å²) in [7, 11) is 0. The van der Waals surface area contributed by atoms with Crippen LogP contribution in [0.1, 0.15) is 38.8 Å². The Morgan fingerprint density at radius 2 is 2.06 bits per heavy atom. The fourth-order valence-electron chi connectivity index (χ4n) is 2.30. The predicted molar refractivity (Wildman–Crippen MR) is 76.9 cm³/mol. The van der Waals surface area contributed by atoms with Crippen molar-refractivity contribution in [3.05, 3.63) is 29.8 Å². The first kappa shape index (κ1) is 15.0. The van der Waals surface area contributed by atoms with E-state index in [1.807, 2.05) is 19.1 Å². The van der Waals surface area contributed by atoms with E-state index < -0.39 is 0 Å². The molecule has 18 heavy (non-hydrogen) atoms. The van der Waals surface area contributed by atoms with Crippen LogP contribution in [0.15, 0.2) is 24.3 Å². The summed E-state index contributed by atoms with van der Waals surface area (Å²) in [5.74, 6) is 0.931. The number of nitrogens with zero attached hydrogens (tertiary/aromatic N) is 1. The molecule has 1 aromatic carbocycles. The fourth-order valence-corrected chi connectivity index (χ4v) is 2.30. The van der Waals surface area contributed by atoms with E-state index in [1.165, 1.54) is 5.56 Å². The minimum absolute atomic E-state index is 0.287. The molecule has 3 heteroatoms. The lowest BCUT2D eigenvalue weighted by Crippen LogP contribution is -2.34. The minimum atomic E-state index is 0.287. The van der Waals surface area contributed by atoms with Crippen LogP contribution in [0.5, 0.6) is 5.75 Å². The van der Waals surface area contributed by atoms with Gasteiger partial charge in [-0.15, -0.1) is 0 Å². The van der Waals surface area contributed by atoms with Crippen LogP contribution in [-0.2, 0) is 0 Å². The molecule has 0 fully saturated rings. The molecule has 0 saturated heterocycles. The largest absolute Gasteiger partial charge is 0.494 e. The van der Waals surface area contributed by atoms with E-state index in [-0.39, 0.29) is 6.04 Å². The molecule has 0 aliphatic carbocycles. The highest BCUT2D eigenvalue weighted by Crippen LogP contribution is 2.23. The first-order valence-electron chi connectivity index (χ1n) is 6.93. The Morgan fingerprint density at radius 1 is 1.28 bits per heavy atom. The van der Waals surface area contributed by atoms with Crippen LogP contribution in [0.25, 0.3) is 0 Å². The molecule has 1 unspecified atom stereocenters. The summed E-state index contributed by atoms with van der Waals surface area (Å²) in [6.45, 7) is 9.83. The Morgan fingerprint density at radius 3 is 2.61 bits per heavy atom. The van der Waals surface area contributed by atoms with Crippen LogP contribution in [0.4, 0.5) is 0 Å². The maximum Gasteiger partial charge on any atom is 0.119 e. The number of rotatable bonds is 8. The highest BCUT2D eigenvalue weighted by atomic mass is 16.5. The molecule has 0 radical (unpaired) electrons. The molecule has 0 spiro atoms. The third kappa shape index (κ3) is 4.00. The molecule has 0 aromatic heterocycles. The van der Waals surface area contributed by atoms with Gasteiger partial charge < -0.3 is 10.5 Å². The third-order valence-electron chi connectivity index (χ3n) is 3.13. The van der Waals surface area contributed by atoms with Crippen molar-refractivity contribution in [2.45, 2.75) is 33.2 Å². The van der Waals surface area contributed by atoms with Crippen LogP contribution in [-0.4, -0.2) is 31.1 Å². The van der Waals surface area contributed by atoms with Crippen molar-refractivity contribution < 1.29 is 4.74 Å². The van der Waals surface area contributed by atoms with Crippen LogP contribution in [0.3, 0.4) is 0 Å². The lowest BCUT2D eigenvalue weighted by molar-refractivity contribution is 0.212. The van der Waals surface area contributed by atoms with Gasteiger partial charge in [0.15, 0.2) is 0 Å². The molecule has 0 bridgehead atoms. The van der Waals surface area contributed by atoms with E-state index in [2.05, 4.69) is 30.9 Å². The lowest BCUT2D eigenvalue weighted by Gasteiger charge is -2.30. The number of hydrogen-bond acceptors (Lipinski definition) is 3. The zero-order valence-corrected chi connectivity index (χ0v) is 11.9. The molecular formula is C15H26N2O. The average Bonchev–Trinajstić information content (AvgIpc) is 2.39. The van der Waals surface area contributed by atoms with Crippen molar-refractivity contribution >= 4 is 0 Å². The zero-order valence-electron chi connectivity index (χ0n) is 11.9. The molecule has 1 atom stereocenters. The normalized spacial score (nSPS) is 12.7. The first-order valence-corrected chi connectivity index (χ1v) is 6.93. The summed E-state index contributed by atoms with van der Waals surface area (Å²) in [5.41, 5.74) is 7.20. The van der Waals surface area contributed by atoms with Gasteiger partial charge in [0.2, 0.25) is 0 Å². The molecule has 3 nitrogen and oxygen atoms in total. The maximum absolute atomic E-state index is 5.95. The molecular weight excluding hydrogens is 224 g/mol. The van der Waals surface area contributed by atoms with Gasteiger partial charge in [0, 0.05) is 12.6 Å². The Labute approximate surface area is 111 Å². The van der Waals surface area contributed by atoms with E-state index in [9.17, 15) is 0 Å². The van der Waals surface area contributed by atoms with E-state index in [4.69, 9.17) is 10.5 Å². The molecule has 2 N–H and O–H groups in total. The Balaban J connectivity index is 2.89. The van der Waals surface area contributed by atoms with Gasteiger partial charge in [0.25, 0.3) is 0 Å². The van der Waals surface area contributed by atoms with Crippen molar-refractivity contribution in [2.24, 2.45) is 5.73 Å². The minimum Gasteiger partial charge on any atom is -0.494 e. The molecule has 0 heterocycles. The summed E-state index contributed by atoms with van der Waals surface area (Å²) >= 11 is 0. The van der Waals surface area contributed by atoms with Gasteiger partial charge >= 0.3 is 0 Å². The SMILES string of the molecule is CCCN(CC)C(CN)c1cccc(OCC)c1. The number of benzene rings is 1. The van der Waals surface area contributed by atoms with Crippen LogP contribution >= 0.6 is 0 Å². The van der Waals surface area contributed by atoms with Crippen molar-refractivity contribution in [3.8, 4) is 5.75 Å². The highest BCUT2D eigenvalue weighted by molar-refractivity contribution is 5.30. The van der Waals surface area contributed by atoms with Crippen LogP contribution < -0.4 is 10.5 Å². The Kier molecular flexibility index (Phi) is 6.76. The standard InChI is InChI=1S/C15H26N2O/c1-4-10-17(5-2)15(12-16)13-8-7-9-14(11-13)18-6-3/h7-9,11,15H,4-6,10,12,16H2,1-3H3. The number of nitrogens with two attached hydrogens (primary N) is 1. The maximum atomic E-state index is 5.95. The molecule has 0 amide bonds. The second-order valence-corrected chi connectivity index (χ2v) is 4.39. The van der Waals surface area contributed by atoms with Gasteiger partial charge in [0.05, 0.1) is 6.61 Å². The van der Waals surface area contributed by atoms with E-state index >= 15 is 0 Å². The molecule has 0 saturated carbocycles. The van der Waals surface area contributed by atoms with Crippen molar-refractivity contribution in [2.75, 3.05) is 26.2 Å². The summed E-state index contributed by atoms with van der Waals surface area (Å²) < 4.78 is 5.56. The number of ether oxygens (including phenoxy) is 1. The van der Waals surface area contributed by atoms with Gasteiger partial charge in [-0.25, -0.2) is 0 Å². The Bertz CT molecular complexity index is 341. The predicted octanol–water partition coefficient (Wildman–Crippen LogP) is 2.82. The zero-order chi connectivity index (χ0) is 13.4. The Hall–Kier alpha value is -1.06. The third-order valence-corrected chi connectivity index (χ3v) is 3.13. The summed E-state index contributed by atoms with van der Waals surface area (Å²) in [6.07, 6.45) is 1.15. The van der Waals surface area contributed by atoms with Crippen molar-refractivity contribution in [1.29, 1.82) is 0 Å². The van der Waals surface area contributed by atoms with Crippen molar-refractivity contribution in [3.63, 3.8) is 0 Å². The van der Waals surface area contributed by atoms with E-state index in [1.54, 1.807) is 0 Å². The summed E-state index contributed by atoms with van der Waals surface area (Å²) in [6, 6.07) is 8.58. The molecule has 0 aliphatic rings. The monoisotopic (exact) mass is 250 g/mol. The quantitative estimate of drug-likeness (QED) is 0.771. The van der Waals surface area contributed by atoms with Gasteiger partial charge in [-0.2, -0.15) is 0 Å². The topological polar surface area (TPSA) is 38.5 Å². The van der Waals surface area contributed by atoms with Crippen LogP contribution in [0, 0.1) is 0 Å². The van der Waals surface area contributed by atoms with Gasteiger partial charge in [0.1, 0.15) is 5.75 Å². The van der Waals surface area contributed by atoms with E-state index in [0.29, 0.717) is 13.2 Å². The molecule has 1 rings (SSSR count). The average molecular weight is 250 g/mol. The van der Waals surface area contributed by atoms with Gasteiger partial charge in [-0.1, -0.05) is 26.0 Å². The van der Waals surface area contributed by atoms with Crippen LogP contribution in [0.2, 0.25) is 0 Å². The summed E-state index contributed by atoms with van der Waals surface area (Å²) in [4.78, 5) is 2.42. The van der Waals surface area contributed by atoms with E-state index in [0.717, 1.165) is 25.3 Å². The second kappa shape index (κ2) is 8.11. The number of hydrogen-bond donors (Lipinski definition) is 1. The van der Waals surface area contributed by atoms with Gasteiger partial charge in [-0.3, -0.25) is 4.90 Å². The number of likely N-dealkylation sites (N-methyl/N-ethyl adjacent to an activating group) is 1. The van der Waals surface area contributed by atoms with Crippen molar-refractivity contribution in [1.82, 2.24) is 4.90 Å². The lowest BCUT2D eigenvalue weighted by atomic mass is 10.0.